The summed E-state index contributed by atoms with van der Waals surface area (Å²) in [6, 6.07) is 4.55. The minimum atomic E-state index is -2.34. The topological polar surface area (TPSA) is 124 Å². The van der Waals surface area contributed by atoms with Crippen LogP contribution in [0.25, 0.3) is 10.8 Å². The van der Waals surface area contributed by atoms with Crippen molar-refractivity contribution in [2.24, 2.45) is 5.73 Å². The number of primary amides is 1. The molecule has 0 aliphatic carbocycles. The van der Waals surface area contributed by atoms with E-state index in [0.717, 1.165) is 0 Å². The molecule has 0 unspecified atom stereocenters. The van der Waals surface area contributed by atoms with Gasteiger partial charge >= 0.3 is 0 Å². The number of aromatic nitrogens is 1. The molecule has 0 bridgehead atoms. The van der Waals surface area contributed by atoms with Crippen molar-refractivity contribution in [2.75, 3.05) is 6.61 Å². The molecule has 1 aliphatic heterocycles. The number of carbonyl (C=O) groups excluding carboxylic acids is 2. The van der Waals surface area contributed by atoms with E-state index in [9.17, 15) is 19.1 Å². The van der Waals surface area contributed by atoms with Gasteiger partial charge in [0.15, 0.2) is 0 Å². The van der Waals surface area contributed by atoms with Gasteiger partial charge in [0.1, 0.15) is 11.4 Å². The Morgan fingerprint density at radius 1 is 1.45 bits per heavy atom. The van der Waals surface area contributed by atoms with Crippen LogP contribution in [0.4, 0.5) is 4.39 Å². The summed E-state index contributed by atoms with van der Waals surface area (Å²) in [6.45, 7) is 6.40. The van der Waals surface area contributed by atoms with Crippen molar-refractivity contribution >= 4 is 22.6 Å². The average molecular weight is 433 g/mol. The predicted molar refractivity (Wildman–Crippen MR) is 113 cm³/mol. The van der Waals surface area contributed by atoms with Crippen molar-refractivity contribution < 1.29 is 28.6 Å². The van der Waals surface area contributed by atoms with Gasteiger partial charge in [-0.25, -0.2) is 9.37 Å². The van der Waals surface area contributed by atoms with Crippen LogP contribution in [0.5, 0.6) is 11.6 Å². The number of pyridine rings is 1. The van der Waals surface area contributed by atoms with Gasteiger partial charge < -0.3 is 25.6 Å². The number of halogens is 1. The molecule has 2 atom stereocenters. The van der Waals surface area contributed by atoms with Crippen LogP contribution in [-0.2, 0) is 4.79 Å². The van der Waals surface area contributed by atoms with Gasteiger partial charge in [-0.05, 0) is 51.3 Å². The number of alkyl halides is 1. The summed E-state index contributed by atoms with van der Waals surface area (Å²) in [4.78, 5) is 28.1. The predicted octanol–water partition coefficient (Wildman–Crippen LogP) is 2.26. The highest BCUT2D eigenvalue weighted by molar-refractivity contribution is 6.01. The van der Waals surface area contributed by atoms with Gasteiger partial charge in [-0.3, -0.25) is 9.59 Å². The standard InChI is InChI=1S/C22H28FN3O5/c1-12(2)31-17-10-15-13(9-16(17)18(24)27)5-7-25-19(15)30-8-6-14-11-22(23,20(28)26-14)21(3,4)29/h5,7,9-10,12,14,29H,6,8,11H2,1-4H3,(H2,24,27)(H,26,28)/t14-,22+/m1/s1. The number of nitrogens with one attached hydrogen (secondary N) is 1. The summed E-state index contributed by atoms with van der Waals surface area (Å²) in [5.74, 6) is -0.762. The minimum absolute atomic E-state index is 0.143. The van der Waals surface area contributed by atoms with Crippen LogP contribution in [0.1, 0.15) is 50.9 Å². The number of hydrogen-bond donors (Lipinski definition) is 3. The number of fused-ring (bicyclic) bond motifs is 1. The molecule has 0 radical (unpaired) electrons. The third-order valence-electron chi connectivity index (χ3n) is 5.35. The highest BCUT2D eigenvalue weighted by atomic mass is 19.1. The van der Waals surface area contributed by atoms with Crippen LogP contribution >= 0.6 is 0 Å². The lowest BCUT2D eigenvalue weighted by Gasteiger charge is -2.30. The van der Waals surface area contributed by atoms with Gasteiger partial charge in [0.2, 0.25) is 11.5 Å². The van der Waals surface area contributed by atoms with Gasteiger partial charge in [-0.15, -0.1) is 0 Å². The highest BCUT2D eigenvalue weighted by Gasteiger charge is 2.56. The van der Waals surface area contributed by atoms with Gasteiger partial charge in [0.25, 0.3) is 11.8 Å². The number of nitrogens with two attached hydrogens (primary N) is 1. The number of amides is 2. The zero-order chi connectivity index (χ0) is 23.0. The lowest BCUT2D eigenvalue weighted by Crippen LogP contribution is -2.51. The quantitative estimate of drug-likeness (QED) is 0.587. The Hall–Kier alpha value is -2.94. The van der Waals surface area contributed by atoms with E-state index in [1.54, 1.807) is 24.4 Å². The number of nitrogens with zero attached hydrogens (tertiary/aromatic N) is 1. The summed E-state index contributed by atoms with van der Waals surface area (Å²) < 4.78 is 26.4. The molecule has 2 heterocycles. The molecule has 8 nitrogen and oxygen atoms in total. The molecule has 0 spiro atoms. The Morgan fingerprint density at radius 3 is 2.74 bits per heavy atom. The van der Waals surface area contributed by atoms with E-state index in [1.807, 2.05) is 13.8 Å². The second kappa shape index (κ2) is 8.30. The molecule has 1 fully saturated rings. The Kier molecular flexibility index (Phi) is 6.09. The molecule has 1 saturated heterocycles. The average Bonchev–Trinajstić information content (AvgIpc) is 2.96. The molecule has 2 aromatic rings. The Labute approximate surface area is 179 Å². The lowest BCUT2D eigenvalue weighted by atomic mass is 9.84. The zero-order valence-corrected chi connectivity index (χ0v) is 18.1. The van der Waals surface area contributed by atoms with Gasteiger partial charge in [-0.2, -0.15) is 0 Å². The first kappa shape index (κ1) is 22.7. The van der Waals surface area contributed by atoms with E-state index in [-0.39, 0.29) is 24.7 Å². The lowest BCUT2D eigenvalue weighted by molar-refractivity contribution is -0.145. The van der Waals surface area contributed by atoms with Gasteiger partial charge in [0, 0.05) is 30.5 Å². The van der Waals surface area contributed by atoms with Crippen molar-refractivity contribution in [2.45, 2.75) is 64.0 Å². The third-order valence-corrected chi connectivity index (χ3v) is 5.35. The van der Waals surface area contributed by atoms with Crippen molar-refractivity contribution in [3.05, 3.63) is 30.0 Å². The minimum Gasteiger partial charge on any atom is -0.490 e. The first-order chi connectivity index (χ1) is 14.4. The summed E-state index contributed by atoms with van der Waals surface area (Å²) in [6.07, 6.45) is 1.57. The van der Waals surface area contributed by atoms with Crippen molar-refractivity contribution in [1.29, 1.82) is 0 Å². The van der Waals surface area contributed by atoms with Crippen LogP contribution in [0.15, 0.2) is 24.4 Å². The summed E-state index contributed by atoms with van der Waals surface area (Å²) in [7, 11) is 0. The smallest absolute Gasteiger partial charge is 0.261 e. The maximum Gasteiger partial charge on any atom is 0.261 e. The fraction of sp³-hybridized carbons (Fsp3) is 0.500. The SMILES string of the molecule is CC(C)Oc1cc2c(OCC[C@@H]3C[C@@](F)(C(C)(C)O)C(=O)N3)nccc2cc1C(N)=O. The van der Waals surface area contributed by atoms with E-state index >= 15 is 0 Å². The maximum absolute atomic E-state index is 14.9. The fourth-order valence-electron chi connectivity index (χ4n) is 3.62. The normalized spacial score (nSPS) is 21.4. The molecule has 9 heteroatoms. The molecular weight excluding hydrogens is 405 g/mol. The number of ether oxygens (including phenoxy) is 2. The maximum atomic E-state index is 14.9. The largest absolute Gasteiger partial charge is 0.490 e. The van der Waals surface area contributed by atoms with Crippen molar-refractivity contribution in [3.63, 3.8) is 0 Å². The Bertz CT molecular complexity index is 1000. The van der Waals surface area contributed by atoms with Crippen LogP contribution in [-0.4, -0.2) is 51.9 Å². The number of aliphatic hydroxyl groups is 1. The van der Waals surface area contributed by atoms with Gasteiger partial charge in [0.05, 0.1) is 18.3 Å². The molecule has 1 aliphatic rings. The number of carbonyl (C=O) groups is 2. The molecule has 2 amide bonds. The molecule has 0 saturated carbocycles. The van der Waals surface area contributed by atoms with E-state index in [0.29, 0.717) is 28.8 Å². The molecular formula is C22H28FN3O5. The van der Waals surface area contributed by atoms with E-state index < -0.39 is 29.1 Å². The second-order valence-corrected chi connectivity index (χ2v) is 8.59. The zero-order valence-electron chi connectivity index (χ0n) is 18.1. The van der Waals surface area contributed by atoms with Crippen LogP contribution in [0, 0.1) is 0 Å². The number of benzene rings is 1. The molecule has 3 rings (SSSR count). The van der Waals surface area contributed by atoms with Crippen molar-refractivity contribution in [1.82, 2.24) is 10.3 Å². The Balaban J connectivity index is 1.77. The van der Waals surface area contributed by atoms with Gasteiger partial charge in [-0.1, -0.05) is 0 Å². The van der Waals surface area contributed by atoms with Crippen LogP contribution < -0.4 is 20.5 Å². The summed E-state index contributed by atoms with van der Waals surface area (Å²) >= 11 is 0. The molecule has 1 aromatic heterocycles. The molecule has 1 aromatic carbocycles. The first-order valence-electron chi connectivity index (χ1n) is 10.2. The van der Waals surface area contributed by atoms with Crippen molar-refractivity contribution in [3.8, 4) is 11.6 Å². The van der Waals surface area contributed by atoms with E-state index in [2.05, 4.69) is 10.3 Å². The summed E-state index contributed by atoms with van der Waals surface area (Å²) in [5, 5.41) is 13.9. The third kappa shape index (κ3) is 4.56. The number of hydrogen-bond acceptors (Lipinski definition) is 6. The van der Waals surface area contributed by atoms with E-state index in [1.165, 1.54) is 13.8 Å². The first-order valence-corrected chi connectivity index (χ1v) is 10.2. The number of rotatable bonds is 8. The second-order valence-electron chi connectivity index (χ2n) is 8.59. The van der Waals surface area contributed by atoms with Crippen LogP contribution in [0.3, 0.4) is 0 Å². The fourth-order valence-corrected chi connectivity index (χ4v) is 3.62. The monoisotopic (exact) mass is 433 g/mol. The van der Waals surface area contributed by atoms with Crippen LogP contribution in [0.2, 0.25) is 0 Å². The Morgan fingerprint density at radius 2 is 2.16 bits per heavy atom. The molecule has 31 heavy (non-hydrogen) atoms. The molecule has 4 N–H and O–H groups in total. The molecule has 168 valence electrons. The highest BCUT2D eigenvalue weighted by Crippen LogP contribution is 2.37. The van der Waals surface area contributed by atoms with E-state index in [4.69, 9.17) is 15.2 Å². The summed E-state index contributed by atoms with van der Waals surface area (Å²) in [5.41, 5.74) is 1.62.